The Kier molecular flexibility index (Phi) is 7.77. The van der Waals surface area contributed by atoms with Crippen LogP contribution < -0.4 is 5.32 Å². The molecule has 2 N–H and O–H groups in total. The van der Waals surface area contributed by atoms with Gasteiger partial charge in [0.15, 0.2) is 5.96 Å². The van der Waals surface area contributed by atoms with Crippen LogP contribution in [-0.4, -0.2) is 40.5 Å². The molecular weight excluding hydrogens is 449 g/mol. The van der Waals surface area contributed by atoms with Gasteiger partial charge in [0.05, 0.1) is 6.54 Å². The van der Waals surface area contributed by atoms with E-state index in [2.05, 4.69) is 90.4 Å². The van der Waals surface area contributed by atoms with Crippen LogP contribution in [0, 0.1) is 6.92 Å². The van der Waals surface area contributed by atoms with Gasteiger partial charge in [-0.2, -0.15) is 0 Å². The minimum absolute atomic E-state index is 0. The Hall–Kier alpha value is -1.96. The highest BCUT2D eigenvalue weighted by Gasteiger charge is 2.09. The molecule has 0 aliphatic heterocycles. The van der Waals surface area contributed by atoms with Gasteiger partial charge in [0.1, 0.15) is 0 Å². The minimum Gasteiger partial charge on any atom is -0.361 e. The number of rotatable bonds is 6. The van der Waals surface area contributed by atoms with Gasteiger partial charge in [-0.1, -0.05) is 12.1 Å². The van der Waals surface area contributed by atoms with Crippen LogP contribution in [-0.2, 0) is 20.0 Å². The standard InChI is InChI=1S/C21H29N5.HI/c1-5-22-21(26(4)15-18-9-7-13-25(18)3)23-12-11-17-14-24-19-10-6-8-16(2)20(17)19;/h6-10,13-14,24H,5,11-12,15H2,1-4H3,(H,22,23);1H. The number of aromatic amines is 1. The van der Waals surface area contributed by atoms with E-state index >= 15 is 0 Å². The molecule has 0 amide bonds. The molecule has 0 fully saturated rings. The predicted octanol–water partition coefficient (Wildman–Crippen LogP) is 4.07. The first kappa shape index (κ1) is 21.3. The van der Waals surface area contributed by atoms with Gasteiger partial charge < -0.3 is 19.8 Å². The number of H-pyrrole nitrogens is 1. The molecule has 0 atom stereocenters. The number of aryl methyl sites for hydroxylation is 2. The van der Waals surface area contributed by atoms with E-state index < -0.39 is 0 Å². The third kappa shape index (κ3) is 5.06. The number of nitrogens with one attached hydrogen (secondary N) is 2. The number of halogens is 1. The molecule has 6 heteroatoms. The van der Waals surface area contributed by atoms with E-state index in [1.54, 1.807) is 0 Å². The van der Waals surface area contributed by atoms with Gasteiger partial charge in [-0.3, -0.25) is 4.99 Å². The minimum atomic E-state index is 0. The molecule has 2 aromatic heterocycles. The molecule has 0 bridgehead atoms. The number of nitrogens with zero attached hydrogens (tertiary/aromatic N) is 3. The van der Waals surface area contributed by atoms with Crippen LogP contribution in [0.3, 0.4) is 0 Å². The molecular formula is C21H30IN5. The van der Waals surface area contributed by atoms with E-state index in [0.717, 1.165) is 32.0 Å². The summed E-state index contributed by atoms with van der Waals surface area (Å²) in [4.78, 5) is 10.4. The van der Waals surface area contributed by atoms with Crippen LogP contribution in [0.4, 0.5) is 0 Å². The second-order valence-corrected chi connectivity index (χ2v) is 6.76. The normalized spacial score (nSPS) is 11.5. The van der Waals surface area contributed by atoms with Crippen molar-refractivity contribution in [1.82, 2.24) is 19.8 Å². The molecule has 0 saturated carbocycles. The third-order valence-electron chi connectivity index (χ3n) is 4.79. The summed E-state index contributed by atoms with van der Waals surface area (Å²) in [5.74, 6) is 0.949. The van der Waals surface area contributed by atoms with E-state index in [1.807, 2.05) is 0 Å². The molecule has 27 heavy (non-hydrogen) atoms. The highest BCUT2D eigenvalue weighted by Crippen LogP contribution is 2.22. The van der Waals surface area contributed by atoms with Gasteiger partial charge in [0, 0.05) is 56.2 Å². The van der Waals surface area contributed by atoms with Gasteiger partial charge in [-0.15, -0.1) is 24.0 Å². The molecule has 0 unspecified atom stereocenters. The van der Waals surface area contributed by atoms with E-state index in [0.29, 0.717) is 0 Å². The van der Waals surface area contributed by atoms with E-state index in [-0.39, 0.29) is 24.0 Å². The van der Waals surface area contributed by atoms with Gasteiger partial charge in [0.2, 0.25) is 0 Å². The smallest absolute Gasteiger partial charge is 0.194 e. The van der Waals surface area contributed by atoms with Crippen molar-refractivity contribution in [3.63, 3.8) is 0 Å². The average molecular weight is 479 g/mol. The molecule has 0 aliphatic carbocycles. The fourth-order valence-corrected chi connectivity index (χ4v) is 3.38. The topological polar surface area (TPSA) is 48.4 Å². The van der Waals surface area contributed by atoms with Gasteiger partial charge in [-0.25, -0.2) is 0 Å². The molecule has 2 heterocycles. The van der Waals surface area contributed by atoms with Crippen LogP contribution >= 0.6 is 24.0 Å². The number of hydrogen-bond donors (Lipinski definition) is 2. The molecule has 146 valence electrons. The molecule has 3 rings (SSSR count). The Balaban J connectivity index is 0.00000261. The summed E-state index contributed by atoms with van der Waals surface area (Å²) < 4.78 is 2.15. The number of guanidine groups is 1. The fraction of sp³-hybridized carbons (Fsp3) is 0.381. The third-order valence-corrected chi connectivity index (χ3v) is 4.79. The first-order valence-corrected chi connectivity index (χ1v) is 9.25. The summed E-state index contributed by atoms with van der Waals surface area (Å²) in [5.41, 5.74) is 5.13. The Morgan fingerprint density at radius 1 is 1.26 bits per heavy atom. The van der Waals surface area contributed by atoms with Crippen molar-refractivity contribution in [3.05, 3.63) is 59.5 Å². The van der Waals surface area contributed by atoms with Gasteiger partial charge >= 0.3 is 0 Å². The predicted molar refractivity (Wildman–Crippen MR) is 125 cm³/mol. The molecule has 1 aromatic carbocycles. The largest absolute Gasteiger partial charge is 0.361 e. The van der Waals surface area contributed by atoms with Crippen molar-refractivity contribution in [2.24, 2.45) is 12.0 Å². The average Bonchev–Trinajstić information content (AvgIpc) is 3.21. The number of hydrogen-bond acceptors (Lipinski definition) is 1. The lowest BCUT2D eigenvalue weighted by molar-refractivity contribution is 0.462. The van der Waals surface area contributed by atoms with Crippen LogP contribution in [0.1, 0.15) is 23.7 Å². The molecule has 0 spiro atoms. The molecule has 0 aliphatic rings. The Morgan fingerprint density at radius 3 is 2.78 bits per heavy atom. The van der Waals surface area contributed by atoms with Crippen molar-refractivity contribution in [2.45, 2.75) is 26.8 Å². The second kappa shape index (κ2) is 9.82. The maximum Gasteiger partial charge on any atom is 0.194 e. The van der Waals surface area contributed by atoms with Crippen LogP contribution in [0.5, 0.6) is 0 Å². The highest BCUT2D eigenvalue weighted by molar-refractivity contribution is 14.0. The molecule has 5 nitrogen and oxygen atoms in total. The maximum absolute atomic E-state index is 4.84. The summed E-state index contributed by atoms with van der Waals surface area (Å²) in [7, 11) is 4.16. The number of aromatic nitrogens is 2. The SMILES string of the molecule is CCNC(=NCCc1c[nH]c2cccc(C)c12)N(C)Cc1cccn1C.I. The lowest BCUT2D eigenvalue weighted by Gasteiger charge is -2.22. The summed E-state index contributed by atoms with van der Waals surface area (Å²) in [6, 6.07) is 10.6. The Morgan fingerprint density at radius 2 is 2.07 bits per heavy atom. The Bertz CT molecular complexity index is 893. The first-order valence-electron chi connectivity index (χ1n) is 9.25. The van der Waals surface area contributed by atoms with Crippen LogP contribution in [0.15, 0.2) is 47.7 Å². The van der Waals surface area contributed by atoms with Crippen molar-refractivity contribution < 1.29 is 0 Å². The lowest BCUT2D eigenvalue weighted by atomic mass is 10.1. The fourth-order valence-electron chi connectivity index (χ4n) is 3.38. The van der Waals surface area contributed by atoms with Gasteiger partial charge in [0.25, 0.3) is 0 Å². The maximum atomic E-state index is 4.84. The van der Waals surface area contributed by atoms with Gasteiger partial charge in [-0.05, 0) is 49.6 Å². The zero-order valence-corrected chi connectivity index (χ0v) is 19.0. The number of benzene rings is 1. The lowest BCUT2D eigenvalue weighted by Crippen LogP contribution is -2.39. The second-order valence-electron chi connectivity index (χ2n) is 6.76. The van der Waals surface area contributed by atoms with Crippen molar-refractivity contribution in [3.8, 4) is 0 Å². The van der Waals surface area contributed by atoms with Crippen LogP contribution in [0.2, 0.25) is 0 Å². The quantitative estimate of drug-likeness (QED) is 0.318. The van der Waals surface area contributed by atoms with E-state index in [4.69, 9.17) is 4.99 Å². The van der Waals surface area contributed by atoms with Crippen molar-refractivity contribution in [2.75, 3.05) is 20.1 Å². The van der Waals surface area contributed by atoms with Crippen molar-refractivity contribution >= 4 is 40.8 Å². The number of aliphatic imine (C=N–C) groups is 1. The number of fused-ring (bicyclic) bond motifs is 1. The monoisotopic (exact) mass is 479 g/mol. The zero-order chi connectivity index (χ0) is 18.5. The van der Waals surface area contributed by atoms with E-state index in [9.17, 15) is 0 Å². The molecule has 0 radical (unpaired) electrons. The Labute approximate surface area is 178 Å². The summed E-state index contributed by atoms with van der Waals surface area (Å²) >= 11 is 0. The molecule has 0 saturated heterocycles. The first-order chi connectivity index (χ1) is 12.6. The highest BCUT2D eigenvalue weighted by atomic mass is 127. The van der Waals surface area contributed by atoms with Crippen LogP contribution in [0.25, 0.3) is 10.9 Å². The van der Waals surface area contributed by atoms with E-state index in [1.165, 1.54) is 27.7 Å². The van der Waals surface area contributed by atoms with Crippen molar-refractivity contribution in [1.29, 1.82) is 0 Å². The summed E-state index contributed by atoms with van der Waals surface area (Å²) in [6.07, 6.45) is 5.12. The zero-order valence-electron chi connectivity index (χ0n) is 16.6. The summed E-state index contributed by atoms with van der Waals surface area (Å²) in [6.45, 7) is 6.74. The summed E-state index contributed by atoms with van der Waals surface area (Å²) in [5, 5.41) is 4.74. The molecule has 3 aromatic rings.